The van der Waals surface area contributed by atoms with Gasteiger partial charge in [-0.25, -0.2) is 0 Å². The van der Waals surface area contributed by atoms with E-state index in [1.165, 1.54) is 0 Å². The van der Waals surface area contributed by atoms with Crippen LogP contribution in [0.3, 0.4) is 0 Å². The molecule has 0 aliphatic rings. The Balaban J connectivity index is 2.58. The van der Waals surface area contributed by atoms with Crippen LogP contribution in [0, 0.1) is 5.92 Å². The van der Waals surface area contributed by atoms with Crippen molar-refractivity contribution < 1.29 is 14.7 Å². The minimum atomic E-state index is -0.814. The molecule has 0 spiro atoms. The molecule has 0 bridgehead atoms. The van der Waals surface area contributed by atoms with E-state index in [4.69, 9.17) is 10.8 Å². The first-order chi connectivity index (χ1) is 9.42. The van der Waals surface area contributed by atoms with Gasteiger partial charge in [0, 0.05) is 12.1 Å². The normalized spacial score (nSPS) is 13.6. The number of nitrogens with one attached hydrogen (secondary N) is 1. The number of carboxylic acids is 1. The highest BCUT2D eigenvalue weighted by Crippen LogP contribution is 2.21. The number of amides is 1. The summed E-state index contributed by atoms with van der Waals surface area (Å²) in [5, 5.41) is 11.6. The molecule has 5 nitrogen and oxygen atoms in total. The fraction of sp³-hybridized carbons (Fsp3) is 0.467. The number of hydrogen-bond donors (Lipinski definition) is 3. The molecule has 0 aliphatic carbocycles. The lowest BCUT2D eigenvalue weighted by Crippen LogP contribution is -2.20. The molecule has 2 atom stereocenters. The molecule has 5 heteroatoms. The number of anilines is 1. The zero-order chi connectivity index (χ0) is 15.1. The highest BCUT2D eigenvalue weighted by Gasteiger charge is 2.11. The van der Waals surface area contributed by atoms with Crippen molar-refractivity contribution in [2.75, 3.05) is 11.9 Å². The van der Waals surface area contributed by atoms with Crippen LogP contribution in [0.4, 0.5) is 5.69 Å². The maximum absolute atomic E-state index is 11.7. The smallest absolute Gasteiger partial charge is 0.303 e. The van der Waals surface area contributed by atoms with Gasteiger partial charge in [-0.15, -0.1) is 0 Å². The van der Waals surface area contributed by atoms with E-state index in [1.54, 1.807) is 12.1 Å². The summed E-state index contributed by atoms with van der Waals surface area (Å²) < 4.78 is 0. The molecule has 0 aliphatic heterocycles. The van der Waals surface area contributed by atoms with Gasteiger partial charge in [-0.05, 0) is 36.1 Å². The average Bonchev–Trinajstić information content (AvgIpc) is 2.38. The minimum absolute atomic E-state index is 0.0467. The van der Waals surface area contributed by atoms with Crippen LogP contribution in [0.15, 0.2) is 24.3 Å². The van der Waals surface area contributed by atoms with Crippen molar-refractivity contribution >= 4 is 17.6 Å². The van der Waals surface area contributed by atoms with Crippen molar-refractivity contribution in [3.63, 3.8) is 0 Å². The summed E-state index contributed by atoms with van der Waals surface area (Å²) in [7, 11) is 0. The summed E-state index contributed by atoms with van der Waals surface area (Å²) in [6, 6.07) is 7.27. The molecule has 0 radical (unpaired) electrons. The lowest BCUT2D eigenvalue weighted by atomic mass is 9.98. The number of carboxylic acid groups (broad SMARTS) is 1. The fourth-order valence-corrected chi connectivity index (χ4v) is 1.89. The minimum Gasteiger partial charge on any atom is -0.481 e. The van der Waals surface area contributed by atoms with E-state index in [1.807, 2.05) is 26.0 Å². The van der Waals surface area contributed by atoms with Crippen molar-refractivity contribution in [2.45, 2.75) is 32.6 Å². The zero-order valence-corrected chi connectivity index (χ0v) is 11.9. The molecule has 20 heavy (non-hydrogen) atoms. The van der Waals surface area contributed by atoms with E-state index >= 15 is 0 Å². The summed E-state index contributed by atoms with van der Waals surface area (Å²) >= 11 is 0. The number of rotatable bonds is 7. The second kappa shape index (κ2) is 7.65. The van der Waals surface area contributed by atoms with Crippen LogP contribution in [-0.2, 0) is 9.59 Å². The van der Waals surface area contributed by atoms with Gasteiger partial charge < -0.3 is 16.2 Å². The average molecular weight is 278 g/mol. The molecular weight excluding hydrogens is 256 g/mol. The number of carbonyl (C=O) groups excluding carboxylic acids is 1. The number of carbonyl (C=O) groups is 2. The first-order valence-corrected chi connectivity index (χ1v) is 6.74. The topological polar surface area (TPSA) is 92.4 Å². The van der Waals surface area contributed by atoms with Gasteiger partial charge in [0.25, 0.3) is 0 Å². The molecule has 0 heterocycles. The van der Waals surface area contributed by atoms with Crippen LogP contribution in [-0.4, -0.2) is 23.5 Å². The van der Waals surface area contributed by atoms with E-state index < -0.39 is 5.97 Å². The van der Waals surface area contributed by atoms with Gasteiger partial charge in [0.05, 0.1) is 6.42 Å². The Morgan fingerprint density at radius 3 is 2.30 bits per heavy atom. The van der Waals surface area contributed by atoms with E-state index in [-0.39, 0.29) is 24.2 Å². The van der Waals surface area contributed by atoms with E-state index in [0.29, 0.717) is 18.7 Å². The van der Waals surface area contributed by atoms with Gasteiger partial charge in [-0.3, -0.25) is 9.59 Å². The summed E-state index contributed by atoms with van der Waals surface area (Å²) in [5.41, 5.74) is 7.14. The molecule has 0 saturated carbocycles. The predicted octanol–water partition coefficient (Wildman–Crippen LogP) is 2.19. The molecular formula is C15H22N2O3. The number of hydrogen-bond acceptors (Lipinski definition) is 3. The van der Waals surface area contributed by atoms with Crippen LogP contribution in [0.25, 0.3) is 0 Å². The molecule has 0 fully saturated rings. The van der Waals surface area contributed by atoms with Gasteiger partial charge in [0.1, 0.15) is 0 Å². The highest BCUT2D eigenvalue weighted by molar-refractivity contribution is 5.90. The van der Waals surface area contributed by atoms with Crippen LogP contribution >= 0.6 is 0 Å². The summed E-state index contributed by atoms with van der Waals surface area (Å²) in [6.45, 7) is 4.28. The third-order valence-electron chi connectivity index (χ3n) is 3.18. The van der Waals surface area contributed by atoms with Gasteiger partial charge in [0.15, 0.2) is 0 Å². The predicted molar refractivity (Wildman–Crippen MR) is 78.6 cm³/mol. The second-order valence-corrected chi connectivity index (χ2v) is 5.21. The Morgan fingerprint density at radius 2 is 1.80 bits per heavy atom. The molecule has 4 N–H and O–H groups in total. The third kappa shape index (κ3) is 5.40. The molecule has 110 valence electrons. The Labute approximate surface area is 119 Å². The van der Waals surface area contributed by atoms with Crippen LogP contribution in [0.1, 0.15) is 38.2 Å². The lowest BCUT2D eigenvalue weighted by molar-refractivity contribution is -0.137. The molecule has 1 amide bonds. The monoisotopic (exact) mass is 278 g/mol. The number of benzene rings is 1. The van der Waals surface area contributed by atoms with Crippen molar-refractivity contribution in [3.8, 4) is 0 Å². The largest absolute Gasteiger partial charge is 0.481 e. The van der Waals surface area contributed by atoms with Gasteiger partial charge in [-0.1, -0.05) is 26.0 Å². The Morgan fingerprint density at radius 1 is 1.20 bits per heavy atom. The molecule has 0 saturated heterocycles. The lowest BCUT2D eigenvalue weighted by Gasteiger charge is -2.12. The van der Waals surface area contributed by atoms with Gasteiger partial charge in [-0.2, -0.15) is 0 Å². The molecule has 0 aromatic heterocycles. The maximum atomic E-state index is 11.7. The Kier molecular flexibility index (Phi) is 6.18. The SMILES string of the molecule is CC(CN)CC(=O)Nc1ccc(C(C)CC(=O)O)cc1. The highest BCUT2D eigenvalue weighted by atomic mass is 16.4. The first-order valence-electron chi connectivity index (χ1n) is 6.74. The van der Waals surface area contributed by atoms with Gasteiger partial charge >= 0.3 is 5.97 Å². The first kappa shape index (κ1) is 16.2. The number of nitrogens with two attached hydrogens (primary N) is 1. The van der Waals surface area contributed by atoms with Gasteiger partial charge in [0.2, 0.25) is 5.91 Å². The van der Waals surface area contributed by atoms with Crippen molar-refractivity contribution in [3.05, 3.63) is 29.8 Å². The standard InChI is InChI=1S/C15H22N2O3/c1-10(9-16)7-14(18)17-13-5-3-12(4-6-13)11(2)8-15(19)20/h3-6,10-11H,7-9,16H2,1-2H3,(H,17,18)(H,19,20). The van der Waals surface area contributed by atoms with Crippen LogP contribution < -0.4 is 11.1 Å². The Hall–Kier alpha value is -1.88. The molecule has 2 unspecified atom stereocenters. The molecule has 1 rings (SSSR count). The second-order valence-electron chi connectivity index (χ2n) is 5.21. The fourth-order valence-electron chi connectivity index (χ4n) is 1.89. The van der Waals surface area contributed by atoms with Crippen molar-refractivity contribution in [2.24, 2.45) is 11.7 Å². The molecule has 1 aromatic rings. The summed E-state index contributed by atoms with van der Waals surface area (Å²) in [5.74, 6) is -0.765. The van der Waals surface area contributed by atoms with E-state index in [2.05, 4.69) is 5.32 Å². The zero-order valence-electron chi connectivity index (χ0n) is 11.9. The van der Waals surface area contributed by atoms with E-state index in [0.717, 1.165) is 5.56 Å². The quantitative estimate of drug-likeness (QED) is 0.712. The number of aliphatic carboxylic acids is 1. The van der Waals surface area contributed by atoms with Crippen LogP contribution in [0.2, 0.25) is 0 Å². The van der Waals surface area contributed by atoms with Crippen molar-refractivity contribution in [1.82, 2.24) is 0 Å². The van der Waals surface area contributed by atoms with Crippen molar-refractivity contribution in [1.29, 1.82) is 0 Å². The third-order valence-corrected chi connectivity index (χ3v) is 3.18. The molecule has 1 aromatic carbocycles. The Bertz CT molecular complexity index is 457. The maximum Gasteiger partial charge on any atom is 0.303 e. The van der Waals surface area contributed by atoms with E-state index in [9.17, 15) is 9.59 Å². The summed E-state index contributed by atoms with van der Waals surface area (Å²) in [4.78, 5) is 22.4. The van der Waals surface area contributed by atoms with Crippen LogP contribution in [0.5, 0.6) is 0 Å². The summed E-state index contributed by atoms with van der Waals surface area (Å²) in [6.07, 6.45) is 0.493.